The Morgan fingerprint density at radius 1 is 1.32 bits per heavy atom. The molecule has 0 unspecified atom stereocenters. The fraction of sp³-hybridized carbons (Fsp3) is 0.467. The summed E-state index contributed by atoms with van der Waals surface area (Å²) in [6.45, 7) is 4.82. The number of hydrogen-bond donors (Lipinski definition) is 1. The highest BCUT2D eigenvalue weighted by atomic mass is 16.2. The molecule has 1 fully saturated rings. The zero-order valence-corrected chi connectivity index (χ0v) is 11.5. The van der Waals surface area contributed by atoms with Gasteiger partial charge in [-0.15, -0.1) is 0 Å². The van der Waals surface area contributed by atoms with Gasteiger partial charge in [0.05, 0.1) is 0 Å². The van der Waals surface area contributed by atoms with Gasteiger partial charge in [0.1, 0.15) is 0 Å². The number of hydrogen-bond acceptors (Lipinski definition) is 2. The van der Waals surface area contributed by atoms with Crippen molar-refractivity contribution in [1.29, 1.82) is 0 Å². The van der Waals surface area contributed by atoms with E-state index in [2.05, 4.69) is 5.32 Å². The maximum Gasteiger partial charge on any atom is 0.227 e. The van der Waals surface area contributed by atoms with Crippen LogP contribution in [0.25, 0.3) is 0 Å². The van der Waals surface area contributed by atoms with Crippen molar-refractivity contribution in [1.82, 2.24) is 0 Å². The van der Waals surface area contributed by atoms with Gasteiger partial charge in [0.15, 0.2) is 0 Å². The second-order valence-electron chi connectivity index (χ2n) is 5.34. The highest BCUT2D eigenvalue weighted by molar-refractivity contribution is 5.96. The Bertz CT molecular complexity index is 466. The number of nitrogens with one attached hydrogen (secondary N) is 1. The van der Waals surface area contributed by atoms with Crippen molar-refractivity contribution in [2.45, 2.75) is 33.1 Å². The molecule has 19 heavy (non-hydrogen) atoms. The molecule has 1 aliphatic heterocycles. The summed E-state index contributed by atoms with van der Waals surface area (Å²) in [5.41, 5.74) is 1.69. The van der Waals surface area contributed by atoms with Crippen LogP contribution in [-0.2, 0) is 9.59 Å². The predicted molar refractivity (Wildman–Crippen MR) is 76.1 cm³/mol. The Kier molecular flexibility index (Phi) is 4.20. The third-order valence-electron chi connectivity index (χ3n) is 3.13. The standard InChI is InChI=1S/C15H20N2O2/c1-11(2)10-14(18)16-12-5-7-13(8-6-12)17-9-3-4-15(17)19/h5-8,11H,3-4,9-10H2,1-2H3,(H,16,18). The minimum atomic E-state index is 0.0278. The summed E-state index contributed by atoms with van der Waals surface area (Å²) in [5, 5.41) is 2.86. The summed E-state index contributed by atoms with van der Waals surface area (Å²) in [7, 11) is 0. The van der Waals surface area contributed by atoms with Crippen molar-refractivity contribution in [3.63, 3.8) is 0 Å². The average molecular weight is 260 g/mol. The highest BCUT2D eigenvalue weighted by Crippen LogP contribution is 2.23. The molecule has 2 rings (SSSR count). The largest absolute Gasteiger partial charge is 0.326 e. The monoisotopic (exact) mass is 260 g/mol. The first-order valence-electron chi connectivity index (χ1n) is 6.76. The zero-order valence-electron chi connectivity index (χ0n) is 11.5. The van der Waals surface area contributed by atoms with E-state index in [1.54, 1.807) is 4.90 Å². The van der Waals surface area contributed by atoms with Crippen LogP contribution in [0.3, 0.4) is 0 Å². The minimum absolute atomic E-state index is 0.0278. The number of anilines is 2. The first kappa shape index (κ1) is 13.6. The number of amides is 2. The zero-order chi connectivity index (χ0) is 13.8. The summed E-state index contributed by atoms with van der Waals surface area (Å²) in [4.78, 5) is 25.0. The van der Waals surface area contributed by atoms with Crippen LogP contribution in [0.1, 0.15) is 33.1 Å². The summed E-state index contributed by atoms with van der Waals surface area (Å²) in [5.74, 6) is 0.554. The lowest BCUT2D eigenvalue weighted by molar-refractivity contribution is -0.117. The van der Waals surface area contributed by atoms with Crippen LogP contribution in [0.15, 0.2) is 24.3 Å². The molecule has 1 aromatic rings. The number of nitrogens with zero attached hydrogens (tertiary/aromatic N) is 1. The SMILES string of the molecule is CC(C)CC(=O)Nc1ccc(N2CCCC2=O)cc1. The molecular weight excluding hydrogens is 240 g/mol. The molecule has 2 amide bonds. The first-order chi connectivity index (χ1) is 9.06. The van der Waals surface area contributed by atoms with E-state index in [1.807, 2.05) is 38.1 Å². The van der Waals surface area contributed by atoms with E-state index in [4.69, 9.17) is 0 Å². The van der Waals surface area contributed by atoms with Gasteiger partial charge >= 0.3 is 0 Å². The fourth-order valence-corrected chi connectivity index (χ4v) is 2.23. The second-order valence-corrected chi connectivity index (χ2v) is 5.34. The molecule has 0 bridgehead atoms. The van der Waals surface area contributed by atoms with E-state index in [0.717, 1.165) is 24.3 Å². The summed E-state index contributed by atoms with van der Waals surface area (Å²) < 4.78 is 0. The number of carbonyl (C=O) groups excluding carboxylic acids is 2. The lowest BCUT2D eigenvalue weighted by Crippen LogP contribution is -2.23. The fourth-order valence-electron chi connectivity index (χ4n) is 2.23. The number of rotatable bonds is 4. The maximum atomic E-state index is 11.6. The normalized spacial score (nSPS) is 15.1. The van der Waals surface area contributed by atoms with Gasteiger partial charge in [-0.25, -0.2) is 0 Å². The van der Waals surface area contributed by atoms with Gasteiger partial charge in [-0.2, -0.15) is 0 Å². The van der Waals surface area contributed by atoms with Crippen LogP contribution >= 0.6 is 0 Å². The molecule has 1 aliphatic rings. The molecule has 0 atom stereocenters. The van der Waals surface area contributed by atoms with Crippen molar-refractivity contribution in [2.75, 3.05) is 16.8 Å². The Hall–Kier alpha value is -1.84. The molecule has 1 aromatic carbocycles. The maximum absolute atomic E-state index is 11.6. The Morgan fingerprint density at radius 2 is 2.00 bits per heavy atom. The summed E-state index contributed by atoms with van der Waals surface area (Å²) >= 11 is 0. The smallest absolute Gasteiger partial charge is 0.227 e. The molecule has 4 nitrogen and oxygen atoms in total. The van der Waals surface area contributed by atoms with E-state index in [9.17, 15) is 9.59 Å². The topological polar surface area (TPSA) is 49.4 Å². The Labute approximate surface area is 113 Å². The van der Waals surface area contributed by atoms with E-state index in [0.29, 0.717) is 18.8 Å². The first-order valence-corrected chi connectivity index (χ1v) is 6.76. The quantitative estimate of drug-likeness (QED) is 0.905. The van der Waals surface area contributed by atoms with E-state index in [-0.39, 0.29) is 11.8 Å². The van der Waals surface area contributed by atoms with Gasteiger partial charge in [0.2, 0.25) is 11.8 Å². The van der Waals surface area contributed by atoms with E-state index in [1.165, 1.54) is 0 Å². The Morgan fingerprint density at radius 3 is 2.53 bits per heavy atom. The van der Waals surface area contributed by atoms with Gasteiger partial charge in [0.25, 0.3) is 0 Å². The van der Waals surface area contributed by atoms with E-state index >= 15 is 0 Å². The van der Waals surface area contributed by atoms with E-state index < -0.39 is 0 Å². The van der Waals surface area contributed by atoms with Crippen LogP contribution in [0.5, 0.6) is 0 Å². The molecule has 0 aliphatic carbocycles. The predicted octanol–water partition coefficient (Wildman–Crippen LogP) is 2.80. The van der Waals surface area contributed by atoms with Crippen molar-refractivity contribution < 1.29 is 9.59 Å². The number of benzene rings is 1. The van der Waals surface area contributed by atoms with Crippen molar-refractivity contribution in [2.24, 2.45) is 5.92 Å². The lowest BCUT2D eigenvalue weighted by atomic mass is 10.1. The molecular formula is C15H20N2O2. The van der Waals surface area contributed by atoms with Gasteiger partial charge in [-0.3, -0.25) is 9.59 Å². The summed E-state index contributed by atoms with van der Waals surface area (Å²) in [6, 6.07) is 7.46. The molecule has 0 spiro atoms. The molecule has 0 aromatic heterocycles. The van der Waals surface area contributed by atoms with Gasteiger partial charge in [-0.05, 0) is 36.6 Å². The van der Waals surface area contributed by atoms with Crippen LogP contribution in [0.2, 0.25) is 0 Å². The lowest BCUT2D eigenvalue weighted by Gasteiger charge is -2.16. The van der Waals surface area contributed by atoms with Crippen molar-refractivity contribution in [3.8, 4) is 0 Å². The number of carbonyl (C=O) groups is 2. The van der Waals surface area contributed by atoms with Crippen LogP contribution in [-0.4, -0.2) is 18.4 Å². The van der Waals surface area contributed by atoms with Gasteiger partial charge < -0.3 is 10.2 Å². The Balaban J connectivity index is 1.98. The minimum Gasteiger partial charge on any atom is -0.326 e. The third-order valence-corrected chi connectivity index (χ3v) is 3.13. The molecule has 0 radical (unpaired) electrons. The molecule has 1 N–H and O–H groups in total. The molecule has 102 valence electrons. The summed E-state index contributed by atoms with van der Waals surface area (Å²) in [6.07, 6.45) is 2.07. The molecule has 0 saturated carbocycles. The molecule has 4 heteroatoms. The van der Waals surface area contributed by atoms with Crippen LogP contribution in [0.4, 0.5) is 11.4 Å². The third kappa shape index (κ3) is 3.56. The average Bonchev–Trinajstić information content (AvgIpc) is 2.75. The highest BCUT2D eigenvalue weighted by Gasteiger charge is 2.21. The van der Waals surface area contributed by atoms with Gasteiger partial charge in [0, 0.05) is 30.8 Å². The molecule has 1 saturated heterocycles. The van der Waals surface area contributed by atoms with Gasteiger partial charge in [-0.1, -0.05) is 13.8 Å². The second kappa shape index (κ2) is 5.87. The van der Waals surface area contributed by atoms with Crippen molar-refractivity contribution >= 4 is 23.2 Å². The van der Waals surface area contributed by atoms with Crippen LogP contribution < -0.4 is 10.2 Å². The van der Waals surface area contributed by atoms with Crippen LogP contribution in [0, 0.1) is 5.92 Å². The molecule has 1 heterocycles. The van der Waals surface area contributed by atoms with Crippen molar-refractivity contribution in [3.05, 3.63) is 24.3 Å².